The smallest absolute Gasteiger partial charge is 0.221 e. The van der Waals surface area contributed by atoms with Crippen molar-refractivity contribution in [3.8, 4) is 11.3 Å². The normalized spacial score (nSPS) is 10.7. The van der Waals surface area contributed by atoms with Crippen molar-refractivity contribution in [2.45, 2.75) is 38.6 Å². The predicted molar refractivity (Wildman–Crippen MR) is 113 cm³/mol. The first-order chi connectivity index (χ1) is 13.3. The first-order valence-corrected chi connectivity index (χ1v) is 10.2. The highest BCUT2D eigenvalue weighted by atomic mass is 32.2. The van der Waals surface area contributed by atoms with E-state index in [4.69, 9.17) is 11.5 Å². The molecule has 0 saturated heterocycles. The minimum Gasteiger partial charge on any atom is -0.368 e. The van der Waals surface area contributed by atoms with E-state index in [1.54, 1.807) is 6.92 Å². The molecule has 150 valence electrons. The van der Waals surface area contributed by atoms with Gasteiger partial charge >= 0.3 is 0 Å². The Labute approximate surface area is 169 Å². The summed E-state index contributed by atoms with van der Waals surface area (Å²) in [5.74, 6) is 0.743. The lowest BCUT2D eigenvalue weighted by Gasteiger charge is -2.12. The lowest BCUT2D eigenvalue weighted by atomic mass is 9.96. The molecular formula is C20H27N5O2S. The van der Waals surface area contributed by atoms with E-state index in [1.165, 1.54) is 11.8 Å². The highest BCUT2D eigenvalue weighted by Gasteiger charge is 2.13. The second-order valence-corrected chi connectivity index (χ2v) is 7.69. The Hall–Kier alpha value is -2.45. The number of anilines is 1. The molecule has 0 radical (unpaired) electrons. The molecular weight excluding hydrogens is 374 g/mol. The van der Waals surface area contributed by atoms with Crippen molar-refractivity contribution >= 4 is 29.4 Å². The maximum Gasteiger partial charge on any atom is 0.221 e. The number of nitrogen functional groups attached to an aromatic ring is 1. The largest absolute Gasteiger partial charge is 0.368 e. The maximum atomic E-state index is 11.9. The van der Waals surface area contributed by atoms with Gasteiger partial charge in [0.1, 0.15) is 5.03 Å². The molecule has 0 aliphatic heterocycles. The molecule has 8 heteroatoms. The van der Waals surface area contributed by atoms with Crippen molar-refractivity contribution in [2.75, 3.05) is 24.6 Å². The molecule has 28 heavy (non-hydrogen) atoms. The van der Waals surface area contributed by atoms with Crippen LogP contribution in [-0.4, -0.2) is 40.5 Å². The van der Waals surface area contributed by atoms with Gasteiger partial charge in [0.05, 0.1) is 5.69 Å². The number of thioether (sulfide) groups is 1. The zero-order valence-electron chi connectivity index (χ0n) is 16.5. The second-order valence-electron chi connectivity index (χ2n) is 6.58. The number of hydrogen-bond donors (Lipinski definition) is 3. The zero-order chi connectivity index (χ0) is 20.7. The monoisotopic (exact) mass is 401 g/mol. The van der Waals surface area contributed by atoms with Crippen LogP contribution in [0.5, 0.6) is 0 Å². The van der Waals surface area contributed by atoms with Crippen LogP contribution in [0.25, 0.3) is 11.3 Å². The molecule has 1 aromatic carbocycles. The maximum absolute atomic E-state index is 11.9. The van der Waals surface area contributed by atoms with Crippen LogP contribution in [-0.2, 0) is 4.79 Å². The highest BCUT2D eigenvalue weighted by Crippen LogP contribution is 2.29. The van der Waals surface area contributed by atoms with Crippen molar-refractivity contribution in [3.63, 3.8) is 0 Å². The lowest BCUT2D eigenvalue weighted by Crippen LogP contribution is -2.26. The van der Waals surface area contributed by atoms with Crippen molar-refractivity contribution in [1.82, 2.24) is 15.3 Å². The number of aryl methyl sites for hydroxylation is 2. The van der Waals surface area contributed by atoms with Crippen LogP contribution in [0.4, 0.5) is 5.95 Å². The van der Waals surface area contributed by atoms with E-state index in [-0.39, 0.29) is 17.6 Å². The molecule has 1 heterocycles. The fourth-order valence-electron chi connectivity index (χ4n) is 2.83. The third kappa shape index (κ3) is 6.03. The third-order valence-electron chi connectivity index (χ3n) is 4.23. The number of amides is 1. The van der Waals surface area contributed by atoms with Crippen LogP contribution in [0.15, 0.2) is 23.2 Å². The molecule has 2 rings (SSSR count). The Morgan fingerprint density at radius 2 is 1.89 bits per heavy atom. The van der Waals surface area contributed by atoms with Crippen LogP contribution < -0.4 is 16.8 Å². The van der Waals surface area contributed by atoms with Gasteiger partial charge in [-0.2, -0.15) is 0 Å². The lowest BCUT2D eigenvalue weighted by molar-refractivity contribution is -0.120. The van der Waals surface area contributed by atoms with E-state index < -0.39 is 0 Å². The van der Waals surface area contributed by atoms with Gasteiger partial charge in [0.25, 0.3) is 0 Å². The first kappa shape index (κ1) is 21.8. The Morgan fingerprint density at radius 3 is 2.57 bits per heavy atom. The number of carbonyl (C=O) groups excluding carboxylic acids is 2. The van der Waals surface area contributed by atoms with Crippen LogP contribution in [0.3, 0.4) is 0 Å². The summed E-state index contributed by atoms with van der Waals surface area (Å²) in [7, 11) is 0. The van der Waals surface area contributed by atoms with Gasteiger partial charge in [0.2, 0.25) is 11.9 Å². The molecule has 0 spiro atoms. The van der Waals surface area contributed by atoms with Gasteiger partial charge in [-0.15, -0.1) is 11.8 Å². The highest BCUT2D eigenvalue weighted by molar-refractivity contribution is 7.99. The second kappa shape index (κ2) is 10.2. The van der Waals surface area contributed by atoms with Gasteiger partial charge in [0, 0.05) is 29.8 Å². The van der Waals surface area contributed by atoms with Crippen molar-refractivity contribution in [2.24, 2.45) is 5.73 Å². The minimum absolute atomic E-state index is 0.0102. The SMILES string of the molecule is CC(=O)c1cc(-c2cc(SCCC(=O)NCCCN)nc(N)n2)c(C)cc1C. The molecule has 5 N–H and O–H groups in total. The summed E-state index contributed by atoms with van der Waals surface area (Å²) >= 11 is 1.45. The molecule has 0 saturated carbocycles. The van der Waals surface area contributed by atoms with Gasteiger partial charge < -0.3 is 16.8 Å². The number of benzene rings is 1. The van der Waals surface area contributed by atoms with Crippen molar-refractivity contribution in [3.05, 3.63) is 34.9 Å². The molecule has 7 nitrogen and oxygen atoms in total. The Balaban J connectivity index is 2.15. The summed E-state index contributed by atoms with van der Waals surface area (Å²) in [5.41, 5.74) is 15.4. The molecule has 0 atom stereocenters. The zero-order valence-corrected chi connectivity index (χ0v) is 17.4. The molecule has 0 unspecified atom stereocenters. The van der Waals surface area contributed by atoms with Gasteiger partial charge in [-0.3, -0.25) is 9.59 Å². The Kier molecular flexibility index (Phi) is 7.95. The predicted octanol–water partition coefficient (Wildman–Crippen LogP) is 2.49. The molecule has 0 aliphatic carbocycles. The van der Waals surface area contributed by atoms with Crippen molar-refractivity contribution in [1.29, 1.82) is 0 Å². The number of Topliss-reactive ketones (excluding diaryl/α,β-unsaturated/α-hetero) is 1. The van der Waals surface area contributed by atoms with E-state index in [0.717, 1.165) is 23.1 Å². The first-order valence-electron chi connectivity index (χ1n) is 9.18. The molecule has 2 aromatic rings. The summed E-state index contributed by atoms with van der Waals surface area (Å²) in [6, 6.07) is 5.67. The molecule has 0 fully saturated rings. The summed E-state index contributed by atoms with van der Waals surface area (Å²) in [5, 5.41) is 3.52. The van der Waals surface area contributed by atoms with Crippen LogP contribution in [0.1, 0.15) is 41.3 Å². The fraction of sp³-hybridized carbons (Fsp3) is 0.400. The third-order valence-corrected chi connectivity index (χ3v) is 5.14. The number of rotatable bonds is 9. The number of nitrogens with one attached hydrogen (secondary N) is 1. The number of carbonyl (C=O) groups is 2. The topological polar surface area (TPSA) is 124 Å². The minimum atomic E-state index is -0.0105. The van der Waals surface area contributed by atoms with E-state index in [9.17, 15) is 9.59 Å². The van der Waals surface area contributed by atoms with Gasteiger partial charge in [0.15, 0.2) is 5.78 Å². The molecule has 0 bridgehead atoms. The summed E-state index contributed by atoms with van der Waals surface area (Å²) in [6.45, 7) is 6.60. The molecule has 1 amide bonds. The van der Waals surface area contributed by atoms with Crippen LogP contribution in [0, 0.1) is 13.8 Å². The number of hydrogen-bond acceptors (Lipinski definition) is 7. The Morgan fingerprint density at radius 1 is 1.14 bits per heavy atom. The van der Waals surface area contributed by atoms with E-state index in [0.29, 0.717) is 41.5 Å². The number of nitrogens with two attached hydrogens (primary N) is 2. The van der Waals surface area contributed by atoms with Gasteiger partial charge in [-0.1, -0.05) is 6.07 Å². The summed E-state index contributed by atoms with van der Waals surface area (Å²) < 4.78 is 0. The quantitative estimate of drug-likeness (QED) is 0.255. The number of ketones is 1. The molecule has 0 aliphatic rings. The van der Waals surface area contributed by atoms with Gasteiger partial charge in [-0.05, 0) is 57.0 Å². The number of nitrogens with zero attached hydrogens (tertiary/aromatic N) is 2. The van der Waals surface area contributed by atoms with Crippen LogP contribution in [0.2, 0.25) is 0 Å². The average Bonchev–Trinajstić information content (AvgIpc) is 2.61. The average molecular weight is 402 g/mol. The standard InChI is InChI=1S/C20H27N5O2S/c1-12-9-13(2)16(10-15(12)14(3)26)17-11-19(25-20(22)24-17)28-8-5-18(27)23-7-4-6-21/h9-11H,4-8,21H2,1-3H3,(H,23,27)(H2,22,24,25). The number of aromatic nitrogens is 2. The summed E-state index contributed by atoms with van der Waals surface area (Å²) in [6.07, 6.45) is 1.15. The fourth-order valence-corrected chi connectivity index (χ4v) is 3.68. The molecule has 1 aromatic heterocycles. The summed E-state index contributed by atoms with van der Waals surface area (Å²) in [4.78, 5) is 32.3. The van der Waals surface area contributed by atoms with E-state index in [1.807, 2.05) is 32.0 Å². The van der Waals surface area contributed by atoms with Gasteiger partial charge in [-0.25, -0.2) is 9.97 Å². The Bertz CT molecular complexity index is 870. The van der Waals surface area contributed by atoms with E-state index in [2.05, 4.69) is 15.3 Å². The van der Waals surface area contributed by atoms with E-state index >= 15 is 0 Å². The van der Waals surface area contributed by atoms with Crippen molar-refractivity contribution < 1.29 is 9.59 Å². The van der Waals surface area contributed by atoms with Crippen LogP contribution >= 0.6 is 11.8 Å².